The largest absolute Gasteiger partial charge is 0.391 e. The van der Waals surface area contributed by atoms with Crippen molar-refractivity contribution in [1.82, 2.24) is 14.5 Å². The first-order valence-electron chi connectivity index (χ1n) is 6.16. The molecule has 5 atom stereocenters. The summed E-state index contributed by atoms with van der Waals surface area (Å²) >= 11 is 0. The summed E-state index contributed by atoms with van der Waals surface area (Å²) in [6.07, 6.45) is -4.35. The lowest BCUT2D eigenvalue weighted by Gasteiger charge is -2.26. The number of nitrogens with one attached hydrogen (secondary N) is 1. The molecule has 21 heavy (non-hydrogen) atoms. The molecule has 0 aliphatic carbocycles. The van der Waals surface area contributed by atoms with Gasteiger partial charge < -0.3 is 20.1 Å². The Hall–Kier alpha value is -1.99. The minimum Gasteiger partial charge on any atom is -0.391 e. The van der Waals surface area contributed by atoms with E-state index in [1.807, 2.05) is 4.98 Å². The number of aromatic nitrogens is 3. The monoisotopic (exact) mass is 297 g/mol. The van der Waals surface area contributed by atoms with Gasteiger partial charge in [-0.3, -0.25) is 9.55 Å². The fraction of sp³-hybridized carbons (Fsp3) is 0.583. The number of aliphatic hydroxyl groups excluding tert-OH is 2. The molecule has 2 heterocycles. The van der Waals surface area contributed by atoms with Gasteiger partial charge in [-0.25, -0.2) is 9.59 Å². The van der Waals surface area contributed by atoms with E-state index in [9.17, 15) is 24.9 Å². The van der Waals surface area contributed by atoms with E-state index in [2.05, 4.69) is 16.8 Å². The maximum Gasteiger partial charge on any atom is 0.350 e. The van der Waals surface area contributed by atoms with Crippen molar-refractivity contribution in [2.45, 2.75) is 44.0 Å². The zero-order chi connectivity index (χ0) is 15.8. The summed E-state index contributed by atoms with van der Waals surface area (Å²) in [5, 5.41) is 30.3. The highest BCUT2D eigenvalue weighted by Gasteiger charge is 2.57. The first-order chi connectivity index (χ1) is 9.81. The zero-order valence-corrected chi connectivity index (χ0v) is 11.3. The lowest BCUT2D eigenvalue weighted by molar-refractivity contribution is -0.0889. The predicted molar refractivity (Wildman–Crippen MR) is 69.1 cm³/mol. The summed E-state index contributed by atoms with van der Waals surface area (Å²) in [4.78, 5) is 28.1. The van der Waals surface area contributed by atoms with Gasteiger partial charge in [-0.1, -0.05) is 5.92 Å². The highest BCUT2D eigenvalue weighted by molar-refractivity contribution is 5.22. The van der Waals surface area contributed by atoms with Gasteiger partial charge in [0.1, 0.15) is 18.5 Å². The molecule has 0 spiro atoms. The van der Waals surface area contributed by atoms with E-state index in [1.54, 1.807) is 0 Å². The summed E-state index contributed by atoms with van der Waals surface area (Å²) in [7, 11) is 0. The number of H-pyrrole nitrogens is 1. The molecule has 0 amide bonds. The molecule has 1 aliphatic rings. The lowest BCUT2D eigenvalue weighted by Crippen LogP contribution is -2.49. The minimum absolute atomic E-state index is 0.803. The standard InChI is InChI=1S/C12H15N3O6/c1-3-4-12(20)8(17)7(6(2)16)21-9(12)15-5-13-10(18)14-11(15)19/h5-9,16-17,20H,1-2H3,(H,14,18,19)/t6-,7+,8?,9+,12+/m0/s1. The Morgan fingerprint density at radius 1 is 1.57 bits per heavy atom. The van der Waals surface area contributed by atoms with Crippen LogP contribution in [0.1, 0.15) is 20.1 Å². The number of ether oxygens (including phenoxy) is 1. The molecule has 0 aromatic carbocycles. The molecule has 1 saturated heterocycles. The quantitative estimate of drug-likeness (QED) is 0.437. The Morgan fingerprint density at radius 2 is 2.24 bits per heavy atom. The van der Waals surface area contributed by atoms with Gasteiger partial charge in [0.2, 0.25) is 0 Å². The molecule has 1 fully saturated rings. The fourth-order valence-electron chi connectivity index (χ4n) is 2.24. The molecule has 1 unspecified atom stereocenters. The van der Waals surface area contributed by atoms with Gasteiger partial charge >= 0.3 is 11.4 Å². The van der Waals surface area contributed by atoms with Gasteiger partial charge in [0.25, 0.3) is 0 Å². The Morgan fingerprint density at radius 3 is 2.76 bits per heavy atom. The normalized spacial score (nSPS) is 33.3. The third kappa shape index (κ3) is 2.50. The van der Waals surface area contributed by atoms with E-state index < -0.39 is 41.5 Å². The van der Waals surface area contributed by atoms with Crippen molar-refractivity contribution < 1.29 is 20.1 Å². The summed E-state index contributed by atoms with van der Waals surface area (Å²) in [5.41, 5.74) is -3.86. The number of hydrogen-bond donors (Lipinski definition) is 4. The van der Waals surface area contributed by atoms with Gasteiger partial charge in [0, 0.05) is 0 Å². The SMILES string of the molecule is CC#C[C@@]1(O)C(O)[C@@H]([C@H](C)O)O[C@H]1n1cnc(=O)[nH]c1=O. The van der Waals surface area contributed by atoms with Crippen LogP contribution in [0.5, 0.6) is 0 Å². The van der Waals surface area contributed by atoms with Crippen LogP contribution in [0, 0.1) is 11.8 Å². The maximum atomic E-state index is 11.8. The van der Waals surface area contributed by atoms with Crippen molar-refractivity contribution in [3.8, 4) is 11.8 Å². The number of aliphatic hydroxyl groups is 3. The average molecular weight is 297 g/mol. The van der Waals surface area contributed by atoms with Crippen LogP contribution in [0.15, 0.2) is 15.9 Å². The first-order valence-corrected chi connectivity index (χ1v) is 6.16. The summed E-state index contributed by atoms with van der Waals surface area (Å²) in [5.74, 6) is 4.83. The molecule has 9 nitrogen and oxygen atoms in total. The van der Waals surface area contributed by atoms with Crippen LogP contribution in [-0.4, -0.2) is 53.8 Å². The predicted octanol–water partition coefficient (Wildman–Crippen LogP) is -2.67. The molecule has 0 saturated carbocycles. The molecule has 0 bridgehead atoms. The second-order valence-electron chi connectivity index (χ2n) is 4.73. The van der Waals surface area contributed by atoms with E-state index >= 15 is 0 Å². The van der Waals surface area contributed by atoms with Crippen molar-refractivity contribution in [3.05, 3.63) is 27.3 Å². The molecular weight excluding hydrogens is 282 g/mol. The minimum atomic E-state index is -2.12. The first kappa shape index (κ1) is 15.4. The van der Waals surface area contributed by atoms with Gasteiger partial charge in [-0.2, -0.15) is 4.98 Å². The van der Waals surface area contributed by atoms with Gasteiger partial charge in [0.15, 0.2) is 11.8 Å². The van der Waals surface area contributed by atoms with Crippen molar-refractivity contribution in [3.63, 3.8) is 0 Å². The van der Waals surface area contributed by atoms with Crippen LogP contribution in [0.25, 0.3) is 0 Å². The summed E-state index contributed by atoms with van der Waals surface area (Å²) in [6, 6.07) is 0. The number of nitrogens with zero attached hydrogens (tertiary/aromatic N) is 2. The molecular formula is C12H15N3O6. The number of rotatable bonds is 2. The van der Waals surface area contributed by atoms with Crippen molar-refractivity contribution >= 4 is 0 Å². The second kappa shape index (κ2) is 5.42. The van der Waals surface area contributed by atoms with Crippen LogP contribution in [-0.2, 0) is 4.74 Å². The van der Waals surface area contributed by atoms with Crippen LogP contribution in [0.4, 0.5) is 0 Å². The van der Waals surface area contributed by atoms with Gasteiger partial charge in [-0.15, -0.1) is 5.92 Å². The Kier molecular flexibility index (Phi) is 3.97. The van der Waals surface area contributed by atoms with Crippen LogP contribution in [0.2, 0.25) is 0 Å². The maximum absolute atomic E-state index is 11.8. The van der Waals surface area contributed by atoms with Gasteiger partial charge in [-0.05, 0) is 13.8 Å². The Bertz CT molecular complexity index is 699. The fourth-order valence-corrected chi connectivity index (χ4v) is 2.24. The van der Waals surface area contributed by atoms with E-state index in [0.717, 1.165) is 10.9 Å². The second-order valence-corrected chi connectivity index (χ2v) is 4.73. The third-order valence-corrected chi connectivity index (χ3v) is 3.23. The number of hydrogen-bond acceptors (Lipinski definition) is 7. The molecule has 114 valence electrons. The van der Waals surface area contributed by atoms with E-state index in [-0.39, 0.29) is 0 Å². The van der Waals surface area contributed by atoms with E-state index in [1.165, 1.54) is 13.8 Å². The summed E-state index contributed by atoms with van der Waals surface area (Å²) in [6.45, 7) is 2.80. The van der Waals surface area contributed by atoms with Crippen molar-refractivity contribution in [1.29, 1.82) is 0 Å². The van der Waals surface area contributed by atoms with Crippen molar-refractivity contribution in [2.75, 3.05) is 0 Å². The van der Waals surface area contributed by atoms with Crippen LogP contribution < -0.4 is 11.4 Å². The smallest absolute Gasteiger partial charge is 0.350 e. The molecule has 0 radical (unpaired) electrons. The van der Waals surface area contributed by atoms with E-state index in [4.69, 9.17) is 4.74 Å². The average Bonchev–Trinajstić information content (AvgIpc) is 2.64. The third-order valence-electron chi connectivity index (χ3n) is 3.23. The molecule has 1 aromatic rings. The van der Waals surface area contributed by atoms with Crippen LogP contribution in [0.3, 0.4) is 0 Å². The molecule has 1 aromatic heterocycles. The zero-order valence-electron chi connectivity index (χ0n) is 11.3. The van der Waals surface area contributed by atoms with Gasteiger partial charge in [0.05, 0.1) is 6.10 Å². The lowest BCUT2D eigenvalue weighted by atomic mass is 9.93. The highest BCUT2D eigenvalue weighted by Crippen LogP contribution is 2.38. The Balaban J connectivity index is 2.56. The Labute approximate surface area is 118 Å². The highest BCUT2D eigenvalue weighted by atomic mass is 16.6. The molecule has 4 N–H and O–H groups in total. The van der Waals surface area contributed by atoms with Crippen molar-refractivity contribution in [2.24, 2.45) is 0 Å². The molecule has 9 heteroatoms. The van der Waals surface area contributed by atoms with E-state index in [0.29, 0.717) is 0 Å². The molecule has 1 aliphatic heterocycles. The molecule has 2 rings (SSSR count). The van der Waals surface area contributed by atoms with Crippen LogP contribution >= 0.6 is 0 Å². The summed E-state index contributed by atoms with van der Waals surface area (Å²) < 4.78 is 6.16. The topological polar surface area (TPSA) is 138 Å². The number of aromatic amines is 1.